The number of aromatic nitrogens is 1. The van der Waals surface area contributed by atoms with Crippen LogP contribution >= 0.6 is 0 Å². The van der Waals surface area contributed by atoms with E-state index in [9.17, 15) is 9.90 Å². The van der Waals surface area contributed by atoms with Crippen molar-refractivity contribution in [1.82, 2.24) is 4.98 Å². The number of hydrogen-bond acceptors (Lipinski definition) is 3. The Balaban J connectivity index is 0.000000299. The van der Waals surface area contributed by atoms with Crippen LogP contribution in [0, 0.1) is 30.7 Å². The van der Waals surface area contributed by atoms with E-state index in [0.717, 1.165) is 16.8 Å². The van der Waals surface area contributed by atoms with Gasteiger partial charge in [0.25, 0.3) is 0 Å². The van der Waals surface area contributed by atoms with E-state index in [1.165, 1.54) is 53.8 Å². The minimum Gasteiger partial charge on any atom is -0.512 e. The number of aliphatic hydroxyl groups is 1. The summed E-state index contributed by atoms with van der Waals surface area (Å²) in [6.45, 7) is 15.4. The van der Waals surface area contributed by atoms with Crippen molar-refractivity contribution < 1.29 is 30.0 Å². The molecule has 3 nitrogen and oxygen atoms in total. The average Bonchev–Trinajstić information content (AvgIpc) is 3.31. The maximum absolute atomic E-state index is 11.5. The summed E-state index contributed by atoms with van der Waals surface area (Å²) in [5, 5.41) is 10.9. The largest absolute Gasteiger partial charge is 0.512 e. The van der Waals surface area contributed by atoms with Crippen LogP contribution in [0.2, 0.25) is 0 Å². The van der Waals surface area contributed by atoms with E-state index in [1.54, 1.807) is 0 Å². The number of aliphatic hydroxyl groups excluding tert-OH is 1. The van der Waals surface area contributed by atoms with Gasteiger partial charge >= 0.3 is 0 Å². The minimum atomic E-state index is -0.417. The van der Waals surface area contributed by atoms with Crippen LogP contribution in [-0.4, -0.2) is 15.9 Å². The molecule has 201 valence electrons. The van der Waals surface area contributed by atoms with E-state index >= 15 is 0 Å². The van der Waals surface area contributed by atoms with Gasteiger partial charge in [0.2, 0.25) is 0 Å². The second kappa shape index (κ2) is 12.5. The second-order valence-corrected chi connectivity index (χ2v) is 12.2. The van der Waals surface area contributed by atoms with Crippen molar-refractivity contribution >= 4 is 16.7 Å². The summed E-state index contributed by atoms with van der Waals surface area (Å²) >= 11 is 0. The zero-order valence-electron chi connectivity index (χ0n) is 23.7. The Labute approximate surface area is 237 Å². The number of allylic oxidation sites excluding steroid dienone is 2. The molecule has 0 unspecified atom stereocenters. The molecule has 0 atom stereocenters. The number of nitrogens with zero attached hydrogens (tertiary/aromatic N) is 1. The van der Waals surface area contributed by atoms with Crippen LogP contribution < -0.4 is 0 Å². The summed E-state index contributed by atoms with van der Waals surface area (Å²) in [4.78, 5) is 16.4. The van der Waals surface area contributed by atoms with E-state index in [-0.39, 0.29) is 37.1 Å². The maximum atomic E-state index is 11.5. The first kappa shape index (κ1) is 30.9. The smallest absolute Gasteiger partial charge is 0.164 e. The third-order valence-corrected chi connectivity index (χ3v) is 6.74. The van der Waals surface area contributed by atoms with Crippen molar-refractivity contribution in [1.29, 1.82) is 0 Å². The van der Waals surface area contributed by atoms with Crippen LogP contribution in [0.5, 0.6) is 0 Å². The summed E-state index contributed by atoms with van der Waals surface area (Å²) < 4.78 is 0. The quantitative estimate of drug-likeness (QED) is 0.171. The van der Waals surface area contributed by atoms with E-state index in [1.807, 2.05) is 41.5 Å². The zero-order valence-corrected chi connectivity index (χ0v) is 26.1. The number of ketones is 1. The van der Waals surface area contributed by atoms with Crippen molar-refractivity contribution in [3.8, 4) is 11.3 Å². The number of hydrogen-bond donors (Lipinski definition) is 1. The van der Waals surface area contributed by atoms with Gasteiger partial charge in [-0.1, -0.05) is 92.5 Å². The molecule has 1 saturated carbocycles. The van der Waals surface area contributed by atoms with Gasteiger partial charge in [-0.15, -0.1) is 34.9 Å². The van der Waals surface area contributed by atoms with Gasteiger partial charge in [-0.05, 0) is 36.1 Å². The Hall–Kier alpha value is -2.29. The molecule has 2 aromatic carbocycles. The average molecular weight is 677 g/mol. The van der Waals surface area contributed by atoms with Crippen LogP contribution in [0.4, 0.5) is 0 Å². The summed E-state index contributed by atoms with van der Waals surface area (Å²) in [5.41, 5.74) is 6.46. The van der Waals surface area contributed by atoms with Crippen molar-refractivity contribution in [2.45, 2.75) is 87.0 Å². The minimum absolute atomic E-state index is 0. The van der Waals surface area contributed by atoms with Gasteiger partial charge in [0.1, 0.15) is 5.76 Å². The Kier molecular flexibility index (Phi) is 10.5. The molecule has 4 rings (SSSR count). The first-order valence-electron chi connectivity index (χ1n) is 13.1. The molecule has 1 fully saturated rings. The zero-order chi connectivity index (χ0) is 26.7. The molecular formula is C33H42IrNO2-. The van der Waals surface area contributed by atoms with E-state index < -0.39 is 5.41 Å². The first-order chi connectivity index (χ1) is 16.8. The summed E-state index contributed by atoms with van der Waals surface area (Å²) in [7, 11) is 0. The molecule has 1 N–H and O–H groups in total. The van der Waals surface area contributed by atoms with Crippen LogP contribution in [0.25, 0.3) is 22.2 Å². The molecule has 1 radical (unpaired) electrons. The molecular weight excluding hydrogens is 635 g/mol. The molecule has 0 spiro atoms. The molecule has 0 amide bonds. The van der Waals surface area contributed by atoms with E-state index in [2.05, 4.69) is 62.4 Å². The van der Waals surface area contributed by atoms with Gasteiger partial charge in [0.15, 0.2) is 5.78 Å². The maximum Gasteiger partial charge on any atom is 0.164 e. The number of carbonyl (C=O) groups is 1. The number of carbonyl (C=O) groups excluding carboxylic acids is 1. The van der Waals surface area contributed by atoms with Crippen LogP contribution in [0.15, 0.2) is 54.3 Å². The molecule has 1 heterocycles. The molecule has 37 heavy (non-hydrogen) atoms. The van der Waals surface area contributed by atoms with E-state index in [0.29, 0.717) is 5.92 Å². The van der Waals surface area contributed by atoms with E-state index in [4.69, 9.17) is 4.98 Å². The third-order valence-electron chi connectivity index (χ3n) is 6.74. The first-order valence-corrected chi connectivity index (χ1v) is 13.1. The predicted molar refractivity (Wildman–Crippen MR) is 151 cm³/mol. The van der Waals surface area contributed by atoms with Crippen molar-refractivity contribution in [3.63, 3.8) is 0 Å². The van der Waals surface area contributed by atoms with Crippen LogP contribution in [0.3, 0.4) is 0 Å². The summed E-state index contributed by atoms with van der Waals surface area (Å²) in [6, 6.07) is 18.8. The fraction of sp³-hybridized carbons (Fsp3) is 0.455. The Morgan fingerprint density at radius 1 is 0.973 bits per heavy atom. The standard InChI is InChI=1S/C22H22N.C11H20O2.Ir/c1-15-11-16(2)13-18(12-15)22-14-20(17-7-3-4-8-17)19-9-5-6-10-21(19)23-22;1-10(2,3)8(12)7-9(13)11(4,5)6;/h5-6,9-12,14,17H,3-4,7-8H2,1-2H3;7,12H,1-6H3;/q-1;;/b;8-7-;. The van der Waals surface area contributed by atoms with Gasteiger partial charge in [0, 0.05) is 42.4 Å². The number of rotatable bonds is 3. The second-order valence-electron chi connectivity index (χ2n) is 12.2. The SMILES string of the molecule is CC(C)(C)C(=O)/C=C(\O)C(C)(C)C.Cc1[c-]c(-c2cc(C3CCCC3)c3ccccc3n2)cc(C)c1.[Ir]. The Morgan fingerprint density at radius 3 is 2.16 bits per heavy atom. The van der Waals surface area contributed by atoms with Gasteiger partial charge in [-0.2, -0.15) is 0 Å². The van der Waals surface area contributed by atoms with Gasteiger partial charge in [0.05, 0.1) is 5.52 Å². The van der Waals surface area contributed by atoms with Crippen LogP contribution in [0.1, 0.15) is 89.8 Å². The Bertz CT molecular complexity index is 1240. The molecule has 0 bridgehead atoms. The molecule has 0 saturated heterocycles. The molecule has 3 aromatic rings. The number of pyridine rings is 1. The van der Waals surface area contributed by atoms with Crippen molar-refractivity contribution in [2.24, 2.45) is 10.8 Å². The number of aryl methyl sites for hydroxylation is 2. The van der Waals surface area contributed by atoms with Crippen molar-refractivity contribution in [3.05, 3.63) is 77.1 Å². The Morgan fingerprint density at radius 2 is 1.59 bits per heavy atom. The molecule has 1 aliphatic rings. The monoisotopic (exact) mass is 677 g/mol. The topological polar surface area (TPSA) is 50.2 Å². The fourth-order valence-electron chi connectivity index (χ4n) is 4.51. The predicted octanol–water partition coefficient (Wildman–Crippen LogP) is 9.06. The third kappa shape index (κ3) is 8.35. The van der Waals surface area contributed by atoms with Crippen molar-refractivity contribution in [2.75, 3.05) is 0 Å². The molecule has 4 heteroatoms. The number of fused-ring (bicyclic) bond motifs is 1. The molecule has 0 aliphatic heterocycles. The summed E-state index contributed by atoms with van der Waals surface area (Å²) in [6.07, 6.45) is 6.66. The van der Waals surface area contributed by atoms with Gasteiger partial charge < -0.3 is 5.11 Å². The fourth-order valence-corrected chi connectivity index (χ4v) is 4.51. The van der Waals surface area contributed by atoms with Crippen LogP contribution in [-0.2, 0) is 24.9 Å². The van der Waals surface area contributed by atoms with Gasteiger partial charge in [-0.25, -0.2) is 0 Å². The number of benzene rings is 2. The molecule has 1 aromatic heterocycles. The summed E-state index contributed by atoms with van der Waals surface area (Å²) in [5.74, 6) is 0.792. The van der Waals surface area contributed by atoms with Gasteiger partial charge in [-0.3, -0.25) is 9.78 Å². The normalized spacial score (nSPS) is 14.6. The molecule has 1 aliphatic carbocycles. The number of para-hydroxylation sites is 1.